The normalized spacial score (nSPS) is 30.5. The number of phenolic OH excluding ortho intramolecular Hbond substituents is 1. The number of alkyl halides is 3. The maximum absolute atomic E-state index is 14.1. The van der Waals surface area contributed by atoms with Crippen LogP contribution in [0.2, 0.25) is 0 Å². The Hall–Kier alpha value is -3.09. The molecule has 0 spiro atoms. The van der Waals surface area contributed by atoms with E-state index >= 15 is 0 Å². The number of allylic oxidation sites excluding steroid dienone is 1. The number of carbonyl (C=O) groups is 2. The second-order valence-electron chi connectivity index (χ2n) is 11.5. The van der Waals surface area contributed by atoms with Crippen LogP contribution in [0, 0.1) is 11.3 Å². The molecule has 12 heteroatoms. The van der Waals surface area contributed by atoms with Gasteiger partial charge in [0.2, 0.25) is 5.78 Å². The van der Waals surface area contributed by atoms with Gasteiger partial charge in [0.1, 0.15) is 23.0 Å². The lowest BCUT2D eigenvalue weighted by atomic mass is 9.51. The van der Waals surface area contributed by atoms with Gasteiger partial charge in [-0.3, -0.25) is 9.59 Å². The van der Waals surface area contributed by atoms with Gasteiger partial charge in [-0.1, -0.05) is 6.92 Å². The number of benzene rings is 1. The van der Waals surface area contributed by atoms with E-state index in [4.69, 9.17) is 0 Å². The van der Waals surface area contributed by atoms with Gasteiger partial charge < -0.3 is 35.4 Å². The highest BCUT2D eigenvalue weighted by molar-refractivity contribution is 6.13. The lowest BCUT2D eigenvalue weighted by Gasteiger charge is -2.55. The molecule has 2 unspecified atom stereocenters. The van der Waals surface area contributed by atoms with E-state index in [1.807, 2.05) is 6.92 Å². The summed E-state index contributed by atoms with van der Waals surface area (Å²) in [6.45, 7) is 4.22. The van der Waals surface area contributed by atoms with Crippen LogP contribution >= 0.6 is 0 Å². The van der Waals surface area contributed by atoms with Gasteiger partial charge in [-0.15, -0.1) is 13.2 Å². The topological polar surface area (TPSA) is 140 Å². The first-order valence-corrected chi connectivity index (χ1v) is 13.4. The first-order valence-electron chi connectivity index (χ1n) is 13.4. The summed E-state index contributed by atoms with van der Waals surface area (Å²) >= 11 is 0. The highest BCUT2D eigenvalue weighted by atomic mass is 19.4. The van der Waals surface area contributed by atoms with Crippen molar-refractivity contribution in [1.29, 1.82) is 0 Å². The molecule has 3 aliphatic carbocycles. The zero-order valence-corrected chi connectivity index (χ0v) is 22.5. The number of aromatic hydroxyl groups is 1. The Kier molecular flexibility index (Phi) is 6.75. The van der Waals surface area contributed by atoms with Gasteiger partial charge in [-0.05, 0) is 64.7 Å². The molecule has 4 atom stereocenters. The number of nitrogens with zero attached hydrogens (tertiary/aromatic N) is 1. The lowest BCUT2D eigenvalue weighted by molar-refractivity contribution is -0.275. The van der Waals surface area contributed by atoms with Crippen LogP contribution in [0.15, 0.2) is 23.0 Å². The van der Waals surface area contributed by atoms with Gasteiger partial charge in [-0.2, -0.15) is 0 Å². The number of ketones is 2. The van der Waals surface area contributed by atoms with Crippen molar-refractivity contribution in [2.24, 2.45) is 11.3 Å². The predicted octanol–water partition coefficient (Wildman–Crippen LogP) is 3.60. The van der Waals surface area contributed by atoms with Crippen molar-refractivity contribution in [1.82, 2.24) is 10.2 Å². The summed E-state index contributed by atoms with van der Waals surface area (Å²) in [6, 6.07) is 0.577. The molecule has 1 saturated carbocycles. The van der Waals surface area contributed by atoms with Crippen molar-refractivity contribution < 1.29 is 47.9 Å². The van der Waals surface area contributed by atoms with E-state index in [0.29, 0.717) is 25.9 Å². The number of ether oxygens (including phenoxy) is 1. The zero-order chi connectivity index (χ0) is 29.4. The van der Waals surface area contributed by atoms with Gasteiger partial charge in [0.15, 0.2) is 11.4 Å². The van der Waals surface area contributed by atoms with E-state index in [1.165, 1.54) is 6.92 Å². The number of phenols is 1. The van der Waals surface area contributed by atoms with E-state index in [1.54, 1.807) is 11.9 Å². The monoisotopic (exact) mass is 566 g/mol. The van der Waals surface area contributed by atoms with Crippen LogP contribution in [-0.4, -0.2) is 75.5 Å². The summed E-state index contributed by atoms with van der Waals surface area (Å²) in [6.07, 6.45) is -4.47. The molecule has 1 aliphatic heterocycles. The van der Waals surface area contributed by atoms with Crippen molar-refractivity contribution in [3.8, 4) is 11.5 Å². The fraction of sp³-hybridized carbons (Fsp3) is 0.571. The van der Waals surface area contributed by atoms with Crippen molar-refractivity contribution in [3.63, 3.8) is 0 Å². The maximum atomic E-state index is 14.1. The standard InChI is InChI=1S/C28H33F3N2O7/c1-4-33(3)12-26-10-14-8-16-21(18(34)9-15(17-6-5-7-32-17)23(16)40-28(29,30)31)22(36)20(14)25(38)27(26,39)24(37)13(2)19(35)11-26/h9,14,17,32,34,36-37,39H,4-8,10-12H2,1-3H3/t14?,17?,26-,27+/m0/s1. The molecule has 0 radical (unpaired) electrons. The third kappa shape index (κ3) is 4.10. The number of aliphatic hydroxyl groups excluding tert-OH is 2. The smallest absolute Gasteiger partial charge is 0.508 e. The minimum Gasteiger partial charge on any atom is -0.508 e. The molecule has 2 fully saturated rings. The van der Waals surface area contributed by atoms with Crippen LogP contribution in [0.5, 0.6) is 11.5 Å². The minimum atomic E-state index is -5.07. The van der Waals surface area contributed by atoms with Gasteiger partial charge in [0, 0.05) is 46.7 Å². The Bertz CT molecular complexity index is 1350. The molecular weight excluding hydrogens is 533 g/mol. The van der Waals surface area contributed by atoms with Crippen molar-refractivity contribution in [2.75, 3.05) is 26.7 Å². The fourth-order valence-electron chi connectivity index (χ4n) is 7.10. The van der Waals surface area contributed by atoms with Crippen molar-refractivity contribution in [2.45, 2.75) is 64.0 Å². The van der Waals surface area contributed by atoms with Crippen LogP contribution in [0.3, 0.4) is 0 Å². The predicted molar refractivity (Wildman–Crippen MR) is 137 cm³/mol. The molecule has 0 amide bonds. The quantitative estimate of drug-likeness (QED) is 0.362. The Morgan fingerprint density at radius 2 is 1.93 bits per heavy atom. The molecule has 218 valence electrons. The van der Waals surface area contributed by atoms with Gasteiger partial charge >= 0.3 is 6.36 Å². The number of carbonyl (C=O) groups excluding carboxylic acids is 2. The summed E-state index contributed by atoms with van der Waals surface area (Å²) in [5, 5.41) is 48.4. The summed E-state index contributed by atoms with van der Waals surface area (Å²) in [5.74, 6) is -5.08. The van der Waals surface area contributed by atoms with Gasteiger partial charge in [0.25, 0.3) is 0 Å². The first kappa shape index (κ1) is 28.4. The highest BCUT2D eigenvalue weighted by Crippen LogP contribution is 2.59. The molecular formula is C28H33F3N2O7. The van der Waals surface area contributed by atoms with Crippen LogP contribution in [0.25, 0.3) is 5.76 Å². The summed E-state index contributed by atoms with van der Waals surface area (Å²) < 4.78 is 45.5. The van der Waals surface area contributed by atoms with Gasteiger partial charge in [0.05, 0.1) is 5.56 Å². The van der Waals surface area contributed by atoms with Crippen LogP contribution in [0.4, 0.5) is 13.2 Å². The number of fused-ring (bicyclic) bond motifs is 3. The SMILES string of the molecule is CCN(C)C[C@]12CC(=O)C(C)=C(O)[C@@]1(O)C(=O)C1=C(O)c3c(O)cc(C4CCCN4)c(OC(F)(F)F)c3CC1C2. The fourth-order valence-corrected chi connectivity index (χ4v) is 7.10. The minimum absolute atomic E-state index is 0.0232. The van der Waals surface area contributed by atoms with Crippen LogP contribution in [-0.2, 0) is 16.0 Å². The van der Waals surface area contributed by atoms with E-state index in [2.05, 4.69) is 10.1 Å². The summed E-state index contributed by atoms with van der Waals surface area (Å²) in [5.41, 5.74) is -4.95. The third-order valence-corrected chi connectivity index (χ3v) is 9.10. The molecule has 1 saturated heterocycles. The molecule has 5 N–H and O–H groups in total. The molecule has 9 nitrogen and oxygen atoms in total. The molecule has 1 aromatic carbocycles. The molecule has 1 aromatic rings. The first-order chi connectivity index (χ1) is 18.6. The number of hydrogen-bond donors (Lipinski definition) is 5. The second-order valence-corrected chi connectivity index (χ2v) is 11.5. The number of hydrogen-bond acceptors (Lipinski definition) is 9. The number of Topliss-reactive ketones (excluding diaryl/α,β-unsaturated/α-hetero) is 2. The van der Waals surface area contributed by atoms with Crippen molar-refractivity contribution >= 4 is 17.3 Å². The largest absolute Gasteiger partial charge is 0.573 e. The Morgan fingerprint density at radius 3 is 2.52 bits per heavy atom. The maximum Gasteiger partial charge on any atom is 0.573 e. The molecule has 0 aromatic heterocycles. The van der Waals surface area contributed by atoms with E-state index in [-0.39, 0.29) is 53.6 Å². The Morgan fingerprint density at radius 1 is 1.23 bits per heavy atom. The number of aliphatic hydroxyl groups is 3. The Labute approximate surface area is 228 Å². The molecule has 4 aliphatic rings. The van der Waals surface area contributed by atoms with E-state index in [0.717, 1.165) is 6.07 Å². The average molecular weight is 567 g/mol. The van der Waals surface area contributed by atoms with Crippen LogP contribution in [0.1, 0.15) is 62.3 Å². The lowest BCUT2D eigenvalue weighted by Crippen LogP contribution is -2.67. The highest BCUT2D eigenvalue weighted by Gasteiger charge is 2.67. The molecule has 1 heterocycles. The molecule has 40 heavy (non-hydrogen) atoms. The van der Waals surface area contributed by atoms with E-state index < -0.39 is 63.9 Å². The summed E-state index contributed by atoms with van der Waals surface area (Å²) in [4.78, 5) is 28.8. The Balaban J connectivity index is 1.74. The average Bonchev–Trinajstić information content (AvgIpc) is 3.40. The van der Waals surface area contributed by atoms with Crippen LogP contribution < -0.4 is 10.1 Å². The number of rotatable bonds is 5. The summed E-state index contributed by atoms with van der Waals surface area (Å²) in [7, 11) is 1.72. The second kappa shape index (κ2) is 9.49. The number of halogens is 3. The third-order valence-electron chi connectivity index (χ3n) is 9.10. The van der Waals surface area contributed by atoms with Crippen molar-refractivity contribution in [3.05, 3.63) is 39.7 Å². The zero-order valence-electron chi connectivity index (χ0n) is 22.5. The molecule has 0 bridgehead atoms. The van der Waals surface area contributed by atoms with Gasteiger partial charge in [-0.25, -0.2) is 0 Å². The number of nitrogens with one attached hydrogen (secondary N) is 1. The van der Waals surface area contributed by atoms with E-state index in [9.17, 15) is 43.2 Å². The molecule has 5 rings (SSSR count).